The van der Waals surface area contributed by atoms with E-state index in [1.807, 2.05) is 17.8 Å². The summed E-state index contributed by atoms with van der Waals surface area (Å²) in [5.41, 5.74) is 3.89. The monoisotopic (exact) mass is 364 g/mol. The Bertz CT molecular complexity index is 678. The van der Waals surface area contributed by atoms with E-state index in [2.05, 4.69) is 59.3 Å². The van der Waals surface area contributed by atoms with Gasteiger partial charge in [0.15, 0.2) is 0 Å². The molecule has 0 fully saturated rings. The fourth-order valence-electron chi connectivity index (χ4n) is 2.89. The van der Waals surface area contributed by atoms with Crippen LogP contribution in [0, 0.1) is 0 Å². The van der Waals surface area contributed by atoms with Crippen molar-refractivity contribution in [2.24, 2.45) is 0 Å². The van der Waals surface area contributed by atoms with E-state index in [4.69, 9.17) is 11.6 Å². The molecule has 0 radical (unpaired) electrons. The molecular weight excluding hydrogens is 344 g/mol. The maximum Gasteiger partial charge on any atom is 0.0609 e. The van der Waals surface area contributed by atoms with Crippen LogP contribution in [-0.2, 0) is 0 Å². The average molecular weight is 365 g/mol. The predicted molar refractivity (Wildman–Crippen MR) is 105 cm³/mol. The molecule has 1 atom stereocenters. The molecule has 1 N–H and O–H groups in total. The minimum atomic E-state index is 0.206. The van der Waals surface area contributed by atoms with Gasteiger partial charge in [0, 0.05) is 17.0 Å². The van der Waals surface area contributed by atoms with Crippen LogP contribution in [0.2, 0.25) is 5.02 Å². The summed E-state index contributed by atoms with van der Waals surface area (Å²) in [4.78, 5) is 1.22. The molecule has 1 heterocycles. The smallest absolute Gasteiger partial charge is 0.0609 e. The van der Waals surface area contributed by atoms with Crippen LogP contribution in [-0.4, -0.2) is 25.6 Å². The number of nitrogens with one attached hydrogen (secondary N) is 1. The zero-order chi connectivity index (χ0) is 16.2. The topological polar surface area (TPSA) is 15.3 Å². The van der Waals surface area contributed by atoms with Crippen molar-refractivity contribution in [1.29, 1.82) is 0 Å². The lowest BCUT2D eigenvalue weighted by Crippen LogP contribution is -2.24. The summed E-state index contributed by atoms with van der Waals surface area (Å²) in [6.45, 7) is 1.01. The van der Waals surface area contributed by atoms with Gasteiger partial charge in [-0.2, -0.15) is 11.8 Å². The summed E-state index contributed by atoms with van der Waals surface area (Å²) in [6.07, 6.45) is 3.33. The number of halogens is 1. The number of thioether (sulfide) groups is 1. The first kappa shape index (κ1) is 17.0. The lowest BCUT2D eigenvalue weighted by molar-refractivity contribution is 0.596. The van der Waals surface area contributed by atoms with Crippen molar-refractivity contribution in [2.45, 2.75) is 17.4 Å². The molecule has 3 rings (SSSR count). The van der Waals surface area contributed by atoms with Gasteiger partial charge in [0.25, 0.3) is 0 Å². The highest BCUT2D eigenvalue weighted by molar-refractivity contribution is 8.00. The number of rotatable bonds is 5. The highest BCUT2D eigenvalue weighted by Gasteiger charge is 2.26. The van der Waals surface area contributed by atoms with Gasteiger partial charge in [-0.3, -0.25) is 0 Å². The molecule has 23 heavy (non-hydrogen) atoms. The summed E-state index contributed by atoms with van der Waals surface area (Å²) in [6, 6.07) is 15.1. The zero-order valence-corrected chi connectivity index (χ0v) is 15.8. The largest absolute Gasteiger partial charge is 0.315 e. The second-order valence-electron chi connectivity index (χ2n) is 5.56. The van der Waals surface area contributed by atoms with Gasteiger partial charge in [-0.1, -0.05) is 35.9 Å². The van der Waals surface area contributed by atoms with Crippen molar-refractivity contribution >= 4 is 41.0 Å². The Kier molecular flexibility index (Phi) is 5.81. The van der Waals surface area contributed by atoms with Crippen molar-refractivity contribution in [3.63, 3.8) is 0 Å². The van der Waals surface area contributed by atoms with Crippen LogP contribution in [0.3, 0.4) is 0 Å². The second kappa shape index (κ2) is 7.84. The van der Waals surface area contributed by atoms with Gasteiger partial charge in [-0.15, -0.1) is 0 Å². The van der Waals surface area contributed by atoms with Crippen molar-refractivity contribution in [2.75, 3.05) is 29.9 Å². The Morgan fingerprint density at radius 1 is 1.22 bits per heavy atom. The summed E-state index contributed by atoms with van der Waals surface area (Å²) in [7, 11) is 2.12. The zero-order valence-electron chi connectivity index (χ0n) is 13.4. The van der Waals surface area contributed by atoms with Crippen LogP contribution in [0.25, 0.3) is 0 Å². The van der Waals surface area contributed by atoms with Gasteiger partial charge in [0.2, 0.25) is 0 Å². The van der Waals surface area contributed by atoms with E-state index in [9.17, 15) is 0 Å². The number of benzene rings is 2. The molecule has 0 amide bonds. The number of hydrogen-bond acceptors (Lipinski definition) is 4. The number of hydrogen-bond donors (Lipinski definition) is 1. The molecule has 1 unspecified atom stereocenters. The first-order valence-electron chi connectivity index (χ1n) is 7.73. The van der Waals surface area contributed by atoms with Gasteiger partial charge < -0.3 is 9.62 Å². The van der Waals surface area contributed by atoms with Gasteiger partial charge >= 0.3 is 0 Å². The summed E-state index contributed by atoms with van der Waals surface area (Å²) < 4.78 is 2.23. The van der Waals surface area contributed by atoms with Crippen LogP contribution in [0.1, 0.15) is 23.6 Å². The summed E-state index contributed by atoms with van der Waals surface area (Å²) in [5, 5.41) is 4.54. The number of nitrogens with zero attached hydrogens (tertiary/aromatic N) is 1. The Hall–Kier alpha value is -0.810. The van der Waals surface area contributed by atoms with Crippen molar-refractivity contribution in [3.8, 4) is 0 Å². The van der Waals surface area contributed by atoms with Crippen LogP contribution >= 0.6 is 35.3 Å². The third kappa shape index (κ3) is 3.82. The van der Waals surface area contributed by atoms with Crippen LogP contribution < -0.4 is 9.62 Å². The van der Waals surface area contributed by atoms with E-state index in [0.29, 0.717) is 0 Å². The average Bonchev–Trinajstić information content (AvgIpc) is 2.66. The highest BCUT2D eigenvalue weighted by Crippen LogP contribution is 2.43. The first-order valence-corrected chi connectivity index (χ1v) is 10.3. The molecule has 2 aromatic carbocycles. The predicted octanol–water partition coefficient (Wildman–Crippen LogP) is 5.23. The maximum atomic E-state index is 6.23. The Morgan fingerprint density at radius 3 is 2.87 bits per heavy atom. The number of para-hydroxylation sites is 1. The molecule has 2 aromatic rings. The lowest BCUT2D eigenvalue weighted by atomic mass is 9.97. The Morgan fingerprint density at radius 2 is 2.04 bits per heavy atom. The summed E-state index contributed by atoms with van der Waals surface area (Å²) in [5.74, 6) is 1.18. The molecule has 1 aliphatic rings. The molecule has 122 valence electrons. The molecule has 0 saturated carbocycles. The SMILES string of the molecule is CSCCCNC1c2ccc(Cl)cc2SN(C)c2ccccc21. The minimum absolute atomic E-state index is 0.206. The van der Waals surface area contributed by atoms with Crippen LogP contribution in [0.5, 0.6) is 0 Å². The quantitative estimate of drug-likeness (QED) is 0.577. The standard InChI is InChI=1S/C18H21ClN2S2/c1-21-16-7-4-3-6-14(16)18(20-10-5-11-22-2)15-9-8-13(19)12-17(15)23-21/h3-4,6-9,12,18,20H,5,10-11H2,1-2H3. The fourth-order valence-corrected chi connectivity index (χ4v) is 4.59. The fraction of sp³-hybridized carbons (Fsp3) is 0.333. The molecule has 1 aliphatic heterocycles. The minimum Gasteiger partial charge on any atom is -0.315 e. The van der Waals surface area contributed by atoms with E-state index in [1.54, 1.807) is 11.9 Å². The molecule has 0 spiro atoms. The highest BCUT2D eigenvalue weighted by atomic mass is 35.5. The summed E-state index contributed by atoms with van der Waals surface area (Å²) >= 11 is 9.87. The number of anilines is 1. The van der Waals surface area contributed by atoms with Crippen molar-refractivity contribution < 1.29 is 0 Å². The van der Waals surface area contributed by atoms with Crippen molar-refractivity contribution in [3.05, 3.63) is 58.6 Å². The lowest BCUT2D eigenvalue weighted by Gasteiger charge is -2.22. The molecule has 0 saturated heterocycles. The Balaban J connectivity index is 1.99. The molecule has 5 heteroatoms. The van der Waals surface area contributed by atoms with Crippen LogP contribution in [0.15, 0.2) is 47.4 Å². The van der Waals surface area contributed by atoms with Gasteiger partial charge in [-0.05, 0) is 66.2 Å². The molecular formula is C18H21ClN2S2. The van der Waals surface area contributed by atoms with Gasteiger partial charge in [0.05, 0.1) is 11.7 Å². The first-order chi connectivity index (χ1) is 11.2. The van der Waals surface area contributed by atoms with E-state index >= 15 is 0 Å². The van der Waals surface area contributed by atoms with E-state index in [0.717, 1.165) is 11.6 Å². The molecule has 2 nitrogen and oxygen atoms in total. The Labute approximate surface area is 152 Å². The van der Waals surface area contributed by atoms with E-state index < -0.39 is 0 Å². The van der Waals surface area contributed by atoms with E-state index in [1.165, 1.54) is 33.9 Å². The number of fused-ring (bicyclic) bond motifs is 2. The third-order valence-electron chi connectivity index (χ3n) is 3.98. The van der Waals surface area contributed by atoms with E-state index in [-0.39, 0.29) is 6.04 Å². The second-order valence-corrected chi connectivity index (χ2v) is 8.16. The van der Waals surface area contributed by atoms with Crippen molar-refractivity contribution in [1.82, 2.24) is 5.32 Å². The maximum absolute atomic E-state index is 6.23. The van der Waals surface area contributed by atoms with Gasteiger partial charge in [0.1, 0.15) is 0 Å². The molecule has 0 aromatic heterocycles. The van der Waals surface area contributed by atoms with Crippen LogP contribution in [0.4, 0.5) is 5.69 Å². The molecule has 0 bridgehead atoms. The third-order valence-corrected chi connectivity index (χ3v) is 5.94. The normalized spacial score (nSPS) is 16.7. The van der Waals surface area contributed by atoms with Gasteiger partial charge in [-0.25, -0.2) is 0 Å². The molecule has 0 aliphatic carbocycles.